The summed E-state index contributed by atoms with van der Waals surface area (Å²) in [5.41, 5.74) is 4.92. The minimum absolute atomic E-state index is 0.135. The Labute approximate surface area is 65.4 Å². The average molecular weight is 156 g/mol. The van der Waals surface area contributed by atoms with Crippen molar-refractivity contribution in [3.63, 3.8) is 0 Å². The summed E-state index contributed by atoms with van der Waals surface area (Å²) < 4.78 is 5.15. The second kappa shape index (κ2) is 4.10. The van der Waals surface area contributed by atoms with Crippen LogP contribution in [0.25, 0.3) is 0 Å². The molecule has 0 bridgehead atoms. The van der Waals surface area contributed by atoms with Gasteiger partial charge in [-0.05, 0) is 0 Å². The van der Waals surface area contributed by atoms with E-state index in [2.05, 4.69) is 5.32 Å². The van der Waals surface area contributed by atoms with E-state index in [1.54, 1.807) is 6.08 Å². The largest absolute Gasteiger partial charge is 0.378 e. The molecule has 11 heavy (non-hydrogen) atoms. The molecule has 0 saturated carbocycles. The molecule has 1 rings (SSSR count). The lowest BCUT2D eigenvalue weighted by molar-refractivity contribution is -0.113. The molecule has 1 unspecified atom stereocenters. The second-order valence-corrected chi connectivity index (χ2v) is 2.40. The highest BCUT2D eigenvalue weighted by molar-refractivity contribution is 5.85. The minimum Gasteiger partial charge on any atom is -0.378 e. The molecular formula is C7H12N2O2. The van der Waals surface area contributed by atoms with Gasteiger partial charge >= 0.3 is 0 Å². The van der Waals surface area contributed by atoms with Gasteiger partial charge in [-0.15, -0.1) is 0 Å². The molecule has 1 amide bonds. The molecule has 1 saturated heterocycles. The fourth-order valence-corrected chi connectivity index (χ4v) is 0.920. The van der Waals surface area contributed by atoms with E-state index in [1.807, 2.05) is 0 Å². The number of hydrogen-bond donors (Lipinski definition) is 2. The van der Waals surface area contributed by atoms with E-state index in [1.165, 1.54) is 6.08 Å². The van der Waals surface area contributed by atoms with Crippen LogP contribution in [0.4, 0.5) is 0 Å². The third-order valence-electron chi connectivity index (χ3n) is 1.44. The van der Waals surface area contributed by atoms with Crippen LogP contribution in [0.5, 0.6) is 0 Å². The van der Waals surface area contributed by atoms with Crippen molar-refractivity contribution >= 4 is 5.91 Å². The van der Waals surface area contributed by atoms with Crippen molar-refractivity contribution in [1.29, 1.82) is 0 Å². The predicted octanol–water partition coefficient (Wildman–Crippen LogP) is -0.984. The monoisotopic (exact) mass is 156 g/mol. The first-order valence-corrected chi connectivity index (χ1v) is 3.58. The number of nitrogens with two attached hydrogens (primary N) is 1. The molecule has 1 heterocycles. The number of morpholine rings is 1. The molecular weight excluding hydrogens is 144 g/mol. The number of rotatable bonds is 2. The number of amides is 1. The second-order valence-electron chi connectivity index (χ2n) is 2.40. The molecule has 1 aliphatic rings. The Morgan fingerprint density at radius 1 is 1.73 bits per heavy atom. The highest BCUT2D eigenvalue weighted by atomic mass is 16.5. The Bertz CT molecular complexity index is 162. The molecule has 0 aromatic rings. The number of primary amides is 1. The number of ether oxygens (including phenoxy) is 1. The van der Waals surface area contributed by atoms with Crippen LogP contribution in [-0.4, -0.2) is 31.7 Å². The van der Waals surface area contributed by atoms with Crippen molar-refractivity contribution < 1.29 is 9.53 Å². The summed E-state index contributed by atoms with van der Waals surface area (Å²) >= 11 is 0. The van der Waals surface area contributed by atoms with E-state index in [4.69, 9.17) is 10.5 Å². The first kappa shape index (κ1) is 8.23. The third-order valence-corrected chi connectivity index (χ3v) is 1.44. The summed E-state index contributed by atoms with van der Waals surface area (Å²) in [4.78, 5) is 10.3. The van der Waals surface area contributed by atoms with Crippen molar-refractivity contribution in [2.75, 3.05) is 19.8 Å². The van der Waals surface area contributed by atoms with Gasteiger partial charge in [0.2, 0.25) is 5.91 Å². The standard InChI is InChI=1S/C7H12N2O2/c8-7(10)2-1-6-5-11-4-3-9-6/h1-2,6,9H,3-5H2,(H2,8,10). The van der Waals surface area contributed by atoms with E-state index >= 15 is 0 Å². The van der Waals surface area contributed by atoms with Crippen LogP contribution >= 0.6 is 0 Å². The van der Waals surface area contributed by atoms with Crippen LogP contribution < -0.4 is 11.1 Å². The maximum absolute atomic E-state index is 10.3. The van der Waals surface area contributed by atoms with Gasteiger partial charge in [0.05, 0.1) is 13.2 Å². The zero-order valence-electron chi connectivity index (χ0n) is 6.25. The van der Waals surface area contributed by atoms with Crippen LogP contribution in [0.1, 0.15) is 0 Å². The molecule has 0 spiro atoms. The van der Waals surface area contributed by atoms with Gasteiger partial charge in [-0.1, -0.05) is 6.08 Å². The fourth-order valence-electron chi connectivity index (χ4n) is 0.920. The van der Waals surface area contributed by atoms with E-state index in [0.717, 1.165) is 13.2 Å². The van der Waals surface area contributed by atoms with E-state index < -0.39 is 5.91 Å². The Balaban J connectivity index is 2.29. The van der Waals surface area contributed by atoms with Gasteiger partial charge < -0.3 is 15.8 Å². The van der Waals surface area contributed by atoms with Crippen LogP contribution in [-0.2, 0) is 9.53 Å². The van der Waals surface area contributed by atoms with Gasteiger partial charge in [-0.3, -0.25) is 4.79 Å². The third kappa shape index (κ3) is 3.15. The average Bonchev–Trinajstić information content (AvgIpc) is 2.03. The van der Waals surface area contributed by atoms with E-state index in [9.17, 15) is 4.79 Å². The van der Waals surface area contributed by atoms with Gasteiger partial charge in [0.1, 0.15) is 0 Å². The highest BCUT2D eigenvalue weighted by Gasteiger charge is 2.08. The molecule has 1 fully saturated rings. The lowest BCUT2D eigenvalue weighted by atomic mass is 10.2. The highest BCUT2D eigenvalue weighted by Crippen LogP contribution is 1.93. The molecule has 0 aromatic heterocycles. The van der Waals surface area contributed by atoms with E-state index in [0.29, 0.717) is 6.61 Å². The molecule has 0 aromatic carbocycles. The van der Waals surface area contributed by atoms with Crippen LogP contribution in [0.15, 0.2) is 12.2 Å². The minimum atomic E-state index is -0.419. The molecule has 0 radical (unpaired) electrons. The van der Waals surface area contributed by atoms with Gasteiger partial charge in [-0.2, -0.15) is 0 Å². The predicted molar refractivity (Wildman–Crippen MR) is 40.9 cm³/mol. The summed E-state index contributed by atoms with van der Waals surface area (Å²) in [7, 11) is 0. The SMILES string of the molecule is NC(=O)C=CC1COCCN1. The Kier molecular flexibility index (Phi) is 3.07. The zero-order valence-corrected chi connectivity index (χ0v) is 6.25. The Morgan fingerprint density at radius 3 is 3.09 bits per heavy atom. The summed E-state index contributed by atoms with van der Waals surface area (Å²) in [5.74, 6) is -0.419. The number of hydrogen-bond acceptors (Lipinski definition) is 3. The van der Waals surface area contributed by atoms with Crippen molar-refractivity contribution in [2.45, 2.75) is 6.04 Å². The van der Waals surface area contributed by atoms with E-state index in [-0.39, 0.29) is 6.04 Å². The summed E-state index contributed by atoms with van der Waals surface area (Å²) in [6.07, 6.45) is 3.08. The van der Waals surface area contributed by atoms with Crippen molar-refractivity contribution in [3.05, 3.63) is 12.2 Å². The Morgan fingerprint density at radius 2 is 2.55 bits per heavy atom. The smallest absolute Gasteiger partial charge is 0.241 e. The van der Waals surface area contributed by atoms with Gasteiger partial charge in [0, 0.05) is 18.7 Å². The van der Waals surface area contributed by atoms with Crippen LogP contribution in [0.2, 0.25) is 0 Å². The number of nitrogens with one attached hydrogen (secondary N) is 1. The maximum atomic E-state index is 10.3. The quantitative estimate of drug-likeness (QED) is 0.505. The van der Waals surface area contributed by atoms with Crippen molar-refractivity contribution in [1.82, 2.24) is 5.32 Å². The number of carbonyl (C=O) groups excluding carboxylic acids is 1. The molecule has 4 nitrogen and oxygen atoms in total. The summed E-state index contributed by atoms with van der Waals surface area (Å²) in [6, 6.07) is 0.135. The normalized spacial score (nSPS) is 25.6. The molecule has 1 atom stereocenters. The van der Waals surface area contributed by atoms with Gasteiger partial charge in [0.25, 0.3) is 0 Å². The Hall–Kier alpha value is -0.870. The fraction of sp³-hybridized carbons (Fsp3) is 0.571. The summed E-state index contributed by atoms with van der Waals surface area (Å²) in [5, 5.41) is 3.15. The molecule has 3 N–H and O–H groups in total. The zero-order chi connectivity index (χ0) is 8.10. The van der Waals surface area contributed by atoms with Gasteiger partial charge in [-0.25, -0.2) is 0 Å². The summed E-state index contributed by atoms with van der Waals surface area (Å²) in [6.45, 7) is 2.18. The van der Waals surface area contributed by atoms with Crippen molar-refractivity contribution in [2.24, 2.45) is 5.73 Å². The topological polar surface area (TPSA) is 64.4 Å². The molecule has 62 valence electrons. The first-order chi connectivity index (χ1) is 5.29. The lowest BCUT2D eigenvalue weighted by Gasteiger charge is -2.20. The molecule has 4 heteroatoms. The molecule has 0 aliphatic carbocycles. The van der Waals surface area contributed by atoms with Crippen LogP contribution in [0.3, 0.4) is 0 Å². The maximum Gasteiger partial charge on any atom is 0.241 e. The van der Waals surface area contributed by atoms with Gasteiger partial charge in [0.15, 0.2) is 0 Å². The number of carbonyl (C=O) groups is 1. The molecule has 1 aliphatic heterocycles. The van der Waals surface area contributed by atoms with Crippen LogP contribution in [0, 0.1) is 0 Å². The first-order valence-electron chi connectivity index (χ1n) is 3.58. The van der Waals surface area contributed by atoms with Crippen molar-refractivity contribution in [3.8, 4) is 0 Å². The lowest BCUT2D eigenvalue weighted by Crippen LogP contribution is -2.39.